The molecule has 0 amide bonds. The first-order valence-corrected chi connectivity index (χ1v) is 8.11. The number of rotatable bonds is 15. The number of hydrogen-bond acceptors (Lipinski definition) is 8. The van der Waals surface area contributed by atoms with E-state index in [4.69, 9.17) is 33.2 Å². The van der Waals surface area contributed by atoms with Gasteiger partial charge in [-0.3, -0.25) is 0 Å². The van der Waals surface area contributed by atoms with E-state index in [0.29, 0.717) is 59.5 Å². The van der Waals surface area contributed by atoms with Crippen molar-refractivity contribution < 1.29 is 38.0 Å². The van der Waals surface area contributed by atoms with Gasteiger partial charge in [0.05, 0.1) is 59.5 Å². The van der Waals surface area contributed by atoms with E-state index in [0.717, 1.165) is 0 Å². The molecule has 0 aliphatic rings. The normalized spacial score (nSPS) is 11.5. The van der Waals surface area contributed by atoms with E-state index in [9.17, 15) is 4.79 Å². The van der Waals surface area contributed by atoms with Gasteiger partial charge in [-0.1, -0.05) is 0 Å². The van der Waals surface area contributed by atoms with Crippen LogP contribution >= 0.6 is 0 Å². The van der Waals surface area contributed by atoms with Crippen LogP contribution in [0.15, 0.2) is 0 Å². The van der Waals surface area contributed by atoms with Gasteiger partial charge < -0.3 is 33.2 Å². The summed E-state index contributed by atoms with van der Waals surface area (Å²) in [6.07, 6.45) is -0.689. The lowest BCUT2D eigenvalue weighted by Crippen LogP contribution is -2.25. The minimum Gasteiger partial charge on any atom is -0.432 e. The van der Waals surface area contributed by atoms with Crippen LogP contribution in [0, 0.1) is 0 Å². The molecule has 0 saturated heterocycles. The van der Waals surface area contributed by atoms with Crippen molar-refractivity contribution in [1.82, 2.24) is 0 Å². The lowest BCUT2D eigenvalue weighted by Gasteiger charge is -2.18. The van der Waals surface area contributed by atoms with Gasteiger partial charge in [0.2, 0.25) is 0 Å². The number of carbonyl (C=O) groups excluding carboxylic acids is 1. The number of hydrogen-bond donors (Lipinski definition) is 0. The molecule has 0 aromatic rings. The summed E-state index contributed by atoms with van der Waals surface area (Å²) in [7, 11) is 1.63. The minimum absolute atomic E-state index is 0.154. The van der Waals surface area contributed by atoms with Crippen LogP contribution < -0.4 is 0 Å². The van der Waals surface area contributed by atoms with E-state index in [1.54, 1.807) is 27.9 Å². The number of ether oxygens (including phenoxy) is 7. The van der Waals surface area contributed by atoms with Crippen molar-refractivity contribution in [2.45, 2.75) is 26.4 Å². The Morgan fingerprint density at radius 3 is 1.42 bits per heavy atom. The molecule has 0 saturated carbocycles. The lowest BCUT2D eigenvalue weighted by molar-refractivity contribution is -0.0284. The highest BCUT2D eigenvalue weighted by atomic mass is 16.7. The zero-order valence-corrected chi connectivity index (χ0v) is 15.3. The van der Waals surface area contributed by atoms with Gasteiger partial charge in [-0.2, -0.15) is 0 Å². The smallest absolute Gasteiger partial charge is 0.432 e. The molecule has 0 N–H and O–H groups in total. The van der Waals surface area contributed by atoms with Crippen molar-refractivity contribution in [3.8, 4) is 0 Å². The first-order valence-electron chi connectivity index (χ1n) is 8.11. The Labute approximate surface area is 144 Å². The fourth-order valence-electron chi connectivity index (χ4n) is 1.37. The molecule has 24 heavy (non-hydrogen) atoms. The molecule has 0 atom stereocenters. The maximum absolute atomic E-state index is 11.2. The van der Waals surface area contributed by atoms with Gasteiger partial charge in [0, 0.05) is 7.11 Å². The molecule has 0 heterocycles. The Balaban J connectivity index is 3.14. The van der Waals surface area contributed by atoms with Crippen LogP contribution in [0.1, 0.15) is 20.8 Å². The summed E-state index contributed by atoms with van der Waals surface area (Å²) in [5.41, 5.74) is -0.552. The van der Waals surface area contributed by atoms with Crippen LogP contribution in [-0.2, 0) is 33.2 Å². The number of carbonyl (C=O) groups is 1. The number of methoxy groups -OCH3 is 1. The van der Waals surface area contributed by atoms with Gasteiger partial charge >= 0.3 is 6.16 Å². The van der Waals surface area contributed by atoms with Crippen LogP contribution in [0.3, 0.4) is 0 Å². The van der Waals surface area contributed by atoms with Crippen LogP contribution in [0.25, 0.3) is 0 Å². The maximum atomic E-state index is 11.2. The predicted octanol–water partition coefficient (Wildman–Crippen LogP) is 1.65. The van der Waals surface area contributed by atoms with Gasteiger partial charge in [0.1, 0.15) is 12.2 Å². The van der Waals surface area contributed by atoms with Crippen molar-refractivity contribution in [1.29, 1.82) is 0 Å². The van der Waals surface area contributed by atoms with Gasteiger partial charge in [-0.15, -0.1) is 0 Å². The second kappa shape index (κ2) is 15.6. The van der Waals surface area contributed by atoms with E-state index >= 15 is 0 Å². The molecule has 8 heteroatoms. The first kappa shape index (κ1) is 23.1. The Kier molecular flexibility index (Phi) is 15.0. The lowest BCUT2D eigenvalue weighted by atomic mass is 10.2. The highest BCUT2D eigenvalue weighted by Gasteiger charge is 2.16. The van der Waals surface area contributed by atoms with Crippen LogP contribution in [-0.4, -0.2) is 84.9 Å². The first-order chi connectivity index (χ1) is 11.5. The summed E-state index contributed by atoms with van der Waals surface area (Å²) in [5.74, 6) is 0. The van der Waals surface area contributed by atoms with Gasteiger partial charge in [-0.05, 0) is 20.8 Å². The quantitative estimate of drug-likeness (QED) is 0.325. The highest BCUT2D eigenvalue weighted by molar-refractivity contribution is 5.60. The topological polar surface area (TPSA) is 81.7 Å². The summed E-state index contributed by atoms with van der Waals surface area (Å²) < 4.78 is 35.9. The molecule has 0 fully saturated rings. The van der Waals surface area contributed by atoms with E-state index in [-0.39, 0.29) is 6.61 Å². The third-order valence-electron chi connectivity index (χ3n) is 2.38. The molecule has 0 aliphatic carbocycles. The molecule has 0 aliphatic heterocycles. The van der Waals surface area contributed by atoms with Crippen molar-refractivity contribution in [2.24, 2.45) is 0 Å². The molecule has 8 nitrogen and oxygen atoms in total. The van der Waals surface area contributed by atoms with E-state index in [1.807, 2.05) is 0 Å². The predicted molar refractivity (Wildman–Crippen MR) is 87.3 cm³/mol. The summed E-state index contributed by atoms with van der Waals surface area (Å²) in [6, 6.07) is 0. The zero-order chi connectivity index (χ0) is 18.1. The van der Waals surface area contributed by atoms with Crippen LogP contribution in [0.2, 0.25) is 0 Å². The monoisotopic (exact) mass is 352 g/mol. The Hall–Kier alpha value is -0.930. The fourth-order valence-corrected chi connectivity index (χ4v) is 1.37. The largest absolute Gasteiger partial charge is 0.508 e. The standard InChI is InChI=1S/C16H32O8/c1-16(2,3)24-15(17)23-14-13-22-12-11-21-10-9-20-8-7-19-6-5-18-4/h5-14H2,1-4H3. The third-order valence-corrected chi connectivity index (χ3v) is 2.38. The Bertz CT molecular complexity index is 290. The fraction of sp³-hybridized carbons (Fsp3) is 0.938. The highest BCUT2D eigenvalue weighted by Crippen LogP contribution is 2.07. The molecule has 0 unspecified atom stereocenters. The SMILES string of the molecule is COCCOCCOCCOCCOCCOC(=O)OC(C)(C)C. The van der Waals surface area contributed by atoms with Crippen molar-refractivity contribution in [3.05, 3.63) is 0 Å². The molecule has 0 rings (SSSR count). The van der Waals surface area contributed by atoms with Gasteiger partial charge in [0.25, 0.3) is 0 Å². The van der Waals surface area contributed by atoms with E-state index < -0.39 is 11.8 Å². The molecule has 0 spiro atoms. The zero-order valence-electron chi connectivity index (χ0n) is 15.3. The summed E-state index contributed by atoms with van der Waals surface area (Å²) in [5, 5.41) is 0. The van der Waals surface area contributed by atoms with Crippen LogP contribution in [0.5, 0.6) is 0 Å². The Morgan fingerprint density at radius 1 is 0.667 bits per heavy atom. The average Bonchev–Trinajstić information content (AvgIpc) is 2.49. The maximum Gasteiger partial charge on any atom is 0.508 e. The van der Waals surface area contributed by atoms with Gasteiger partial charge in [0.15, 0.2) is 0 Å². The Morgan fingerprint density at radius 2 is 1.04 bits per heavy atom. The van der Waals surface area contributed by atoms with E-state index in [2.05, 4.69) is 0 Å². The second-order valence-corrected chi connectivity index (χ2v) is 5.76. The van der Waals surface area contributed by atoms with E-state index in [1.165, 1.54) is 0 Å². The van der Waals surface area contributed by atoms with Crippen molar-refractivity contribution in [3.63, 3.8) is 0 Å². The molecule has 0 aromatic carbocycles. The van der Waals surface area contributed by atoms with Crippen LogP contribution in [0.4, 0.5) is 4.79 Å². The molecule has 0 aromatic heterocycles. The van der Waals surface area contributed by atoms with Gasteiger partial charge in [-0.25, -0.2) is 4.79 Å². The molecular weight excluding hydrogens is 320 g/mol. The average molecular weight is 352 g/mol. The molecule has 0 bridgehead atoms. The molecule has 144 valence electrons. The summed E-state index contributed by atoms with van der Waals surface area (Å²) in [6.45, 7) is 9.93. The second-order valence-electron chi connectivity index (χ2n) is 5.76. The van der Waals surface area contributed by atoms with Crippen molar-refractivity contribution >= 4 is 6.16 Å². The third kappa shape index (κ3) is 19.1. The van der Waals surface area contributed by atoms with Crippen molar-refractivity contribution in [2.75, 3.05) is 73.2 Å². The summed E-state index contributed by atoms with van der Waals surface area (Å²) >= 11 is 0. The summed E-state index contributed by atoms with van der Waals surface area (Å²) in [4.78, 5) is 11.2. The molecular formula is C16H32O8. The molecule has 0 radical (unpaired) electrons. The minimum atomic E-state index is -0.689.